The molecule has 2 atom stereocenters. The molecule has 0 radical (unpaired) electrons. The molecule has 2 unspecified atom stereocenters. The van der Waals surface area contributed by atoms with E-state index < -0.39 is 5.54 Å². The zero-order chi connectivity index (χ0) is 25.0. The van der Waals surface area contributed by atoms with Crippen molar-refractivity contribution in [2.75, 3.05) is 20.2 Å². The van der Waals surface area contributed by atoms with Crippen molar-refractivity contribution in [3.05, 3.63) is 100 Å². The number of para-hydroxylation sites is 1. The molecule has 182 valence electrons. The highest BCUT2D eigenvalue weighted by Gasteiger charge is 2.56. The Kier molecular flexibility index (Phi) is 5.30. The summed E-state index contributed by atoms with van der Waals surface area (Å²) in [5.74, 6) is 0.509. The topological polar surface area (TPSA) is 65.6 Å². The molecule has 0 saturated carbocycles. The van der Waals surface area contributed by atoms with Gasteiger partial charge in [0.15, 0.2) is 5.54 Å². The number of H-pyrrole nitrogens is 1. The highest BCUT2D eigenvalue weighted by molar-refractivity contribution is 6.31. The van der Waals surface area contributed by atoms with Crippen molar-refractivity contribution in [1.29, 1.82) is 0 Å². The number of carbonyl (C=O) groups excluding carboxylic acids is 2. The van der Waals surface area contributed by atoms with Crippen LogP contribution in [0.15, 0.2) is 72.8 Å². The lowest BCUT2D eigenvalue weighted by molar-refractivity contribution is -0.166. The van der Waals surface area contributed by atoms with E-state index in [1.807, 2.05) is 67.6 Å². The summed E-state index contributed by atoms with van der Waals surface area (Å²) in [6.45, 7) is 2.59. The molecule has 1 fully saturated rings. The van der Waals surface area contributed by atoms with Crippen molar-refractivity contribution in [2.24, 2.45) is 0 Å². The summed E-state index contributed by atoms with van der Waals surface area (Å²) in [5.41, 5.74) is 3.54. The average molecular weight is 500 g/mol. The molecule has 6 rings (SSSR count). The zero-order valence-corrected chi connectivity index (χ0v) is 20.9. The first-order valence-electron chi connectivity index (χ1n) is 12.0. The highest BCUT2D eigenvalue weighted by Crippen LogP contribution is 2.48. The van der Waals surface area contributed by atoms with Crippen molar-refractivity contribution < 1.29 is 14.3 Å². The Balaban J connectivity index is 1.50. The summed E-state index contributed by atoms with van der Waals surface area (Å²) in [4.78, 5) is 34.7. The first-order valence-corrected chi connectivity index (χ1v) is 12.4. The molecule has 1 aromatic heterocycles. The highest BCUT2D eigenvalue weighted by atomic mass is 35.5. The third-order valence-corrected chi connectivity index (χ3v) is 8.02. The quantitative estimate of drug-likeness (QED) is 0.427. The summed E-state index contributed by atoms with van der Waals surface area (Å²) < 4.78 is 5.35. The number of benzene rings is 3. The molecule has 36 heavy (non-hydrogen) atoms. The van der Waals surface area contributed by atoms with Crippen molar-refractivity contribution in [3.63, 3.8) is 0 Å². The summed E-state index contributed by atoms with van der Waals surface area (Å²) in [5, 5.41) is 1.65. The van der Waals surface area contributed by atoms with Crippen LogP contribution in [0.25, 0.3) is 10.9 Å². The van der Waals surface area contributed by atoms with Crippen LogP contribution < -0.4 is 4.74 Å². The number of aromatic amines is 1. The number of piperazine rings is 1. The number of fused-ring (bicyclic) bond motifs is 5. The van der Waals surface area contributed by atoms with E-state index in [-0.39, 0.29) is 30.8 Å². The smallest absolute Gasteiger partial charge is 0.255 e. The van der Waals surface area contributed by atoms with Crippen LogP contribution in [-0.2, 0) is 21.7 Å². The molecule has 6 nitrogen and oxygen atoms in total. The lowest BCUT2D eigenvalue weighted by Gasteiger charge is -2.51. The standard InChI is InChI=1S/C29H26ClN3O3/c1-29-27-26(21-8-4-6-10-24(21)31-27)22(18-11-13-20(36-2)14-12-18)16-33(29)25(34)17-32(28(29)35)15-19-7-3-5-9-23(19)30/h3-14,22,31H,15-17H2,1-2H3. The monoisotopic (exact) mass is 499 g/mol. The molecule has 4 aromatic rings. The van der Waals surface area contributed by atoms with Gasteiger partial charge in [-0.05, 0) is 47.9 Å². The van der Waals surface area contributed by atoms with Gasteiger partial charge in [0.1, 0.15) is 12.3 Å². The van der Waals surface area contributed by atoms with E-state index in [0.717, 1.165) is 39.0 Å². The van der Waals surface area contributed by atoms with Crippen LogP contribution in [0.4, 0.5) is 0 Å². The Labute approximate surface area is 214 Å². The fraction of sp³-hybridized carbons (Fsp3) is 0.241. The average Bonchev–Trinajstić information content (AvgIpc) is 3.29. The Morgan fingerprint density at radius 2 is 1.75 bits per heavy atom. The normalized spacial score (nSPS) is 21.5. The number of hydrogen-bond acceptors (Lipinski definition) is 3. The molecule has 3 heterocycles. The Hall–Kier alpha value is -3.77. The van der Waals surface area contributed by atoms with E-state index in [2.05, 4.69) is 11.1 Å². The number of methoxy groups -OCH3 is 1. The maximum Gasteiger partial charge on any atom is 0.255 e. The molecule has 2 amide bonds. The summed E-state index contributed by atoms with van der Waals surface area (Å²) in [6, 6.07) is 23.5. The van der Waals surface area contributed by atoms with Gasteiger partial charge < -0.3 is 19.5 Å². The van der Waals surface area contributed by atoms with Gasteiger partial charge in [0, 0.05) is 34.9 Å². The van der Waals surface area contributed by atoms with Gasteiger partial charge in [0.2, 0.25) is 5.91 Å². The SMILES string of the molecule is COc1ccc(C2CN3C(=O)CN(Cc4ccccc4Cl)C(=O)C3(C)c3[nH]c4ccccc4c32)cc1. The van der Waals surface area contributed by atoms with E-state index in [0.29, 0.717) is 11.6 Å². The Morgan fingerprint density at radius 1 is 1.03 bits per heavy atom. The van der Waals surface area contributed by atoms with Gasteiger partial charge in [-0.2, -0.15) is 0 Å². The van der Waals surface area contributed by atoms with E-state index in [1.54, 1.807) is 23.0 Å². The van der Waals surface area contributed by atoms with Crippen LogP contribution in [0.2, 0.25) is 5.02 Å². The minimum atomic E-state index is -1.14. The maximum atomic E-state index is 14.2. The van der Waals surface area contributed by atoms with Gasteiger partial charge in [-0.25, -0.2) is 0 Å². The molecule has 1 saturated heterocycles. The molecule has 2 aliphatic rings. The van der Waals surface area contributed by atoms with E-state index in [9.17, 15) is 9.59 Å². The molecular formula is C29H26ClN3O3. The second-order valence-electron chi connectivity index (χ2n) is 9.61. The molecule has 3 aromatic carbocycles. The first kappa shape index (κ1) is 22.7. The van der Waals surface area contributed by atoms with Crippen LogP contribution in [0.5, 0.6) is 5.75 Å². The van der Waals surface area contributed by atoms with E-state index >= 15 is 0 Å². The number of hydrogen-bond donors (Lipinski definition) is 1. The zero-order valence-electron chi connectivity index (χ0n) is 20.1. The van der Waals surface area contributed by atoms with Crippen LogP contribution in [0, 0.1) is 0 Å². The number of nitrogens with zero attached hydrogens (tertiary/aromatic N) is 2. The Bertz CT molecular complexity index is 1500. The van der Waals surface area contributed by atoms with Crippen molar-refractivity contribution in [2.45, 2.75) is 24.9 Å². The van der Waals surface area contributed by atoms with Gasteiger partial charge in [0.05, 0.1) is 12.8 Å². The molecule has 0 bridgehead atoms. The van der Waals surface area contributed by atoms with E-state index in [1.165, 1.54) is 0 Å². The number of rotatable bonds is 4. The second-order valence-corrected chi connectivity index (χ2v) is 10.0. The van der Waals surface area contributed by atoms with Crippen LogP contribution in [0.1, 0.15) is 35.2 Å². The fourth-order valence-corrected chi connectivity index (χ4v) is 5.97. The molecule has 1 N–H and O–H groups in total. The van der Waals surface area contributed by atoms with Gasteiger partial charge in [-0.3, -0.25) is 9.59 Å². The molecule has 7 heteroatoms. The fourth-order valence-electron chi connectivity index (χ4n) is 5.77. The summed E-state index contributed by atoms with van der Waals surface area (Å²) >= 11 is 6.39. The number of ether oxygens (including phenoxy) is 1. The van der Waals surface area contributed by atoms with Crippen molar-refractivity contribution in [3.8, 4) is 5.75 Å². The van der Waals surface area contributed by atoms with E-state index in [4.69, 9.17) is 16.3 Å². The minimum absolute atomic E-state index is 0.0184. The van der Waals surface area contributed by atoms with Gasteiger partial charge >= 0.3 is 0 Å². The third kappa shape index (κ3) is 3.32. The summed E-state index contributed by atoms with van der Waals surface area (Å²) in [7, 11) is 1.64. The van der Waals surface area contributed by atoms with Crippen molar-refractivity contribution in [1.82, 2.24) is 14.8 Å². The van der Waals surface area contributed by atoms with Gasteiger partial charge in [-0.15, -0.1) is 0 Å². The lowest BCUT2D eigenvalue weighted by Crippen LogP contribution is -2.67. The van der Waals surface area contributed by atoms with Crippen molar-refractivity contribution >= 4 is 34.3 Å². The number of nitrogens with one attached hydrogen (secondary N) is 1. The maximum absolute atomic E-state index is 14.2. The first-order chi connectivity index (χ1) is 17.4. The number of amides is 2. The largest absolute Gasteiger partial charge is 0.497 e. The lowest BCUT2D eigenvalue weighted by atomic mass is 9.76. The van der Waals surface area contributed by atoms with Gasteiger partial charge in [0.25, 0.3) is 5.91 Å². The molecule has 2 aliphatic heterocycles. The minimum Gasteiger partial charge on any atom is -0.497 e. The second kappa shape index (κ2) is 8.42. The third-order valence-electron chi connectivity index (χ3n) is 7.65. The number of carbonyl (C=O) groups is 2. The predicted molar refractivity (Wildman–Crippen MR) is 139 cm³/mol. The van der Waals surface area contributed by atoms with Crippen LogP contribution >= 0.6 is 11.6 Å². The molecule has 0 aliphatic carbocycles. The Morgan fingerprint density at radius 3 is 2.50 bits per heavy atom. The predicted octanol–water partition coefficient (Wildman–Crippen LogP) is 5.06. The molecule has 0 spiro atoms. The molecular weight excluding hydrogens is 474 g/mol. The summed E-state index contributed by atoms with van der Waals surface area (Å²) in [6.07, 6.45) is 0. The van der Waals surface area contributed by atoms with Crippen LogP contribution in [0.3, 0.4) is 0 Å². The number of aromatic nitrogens is 1. The van der Waals surface area contributed by atoms with Crippen LogP contribution in [-0.4, -0.2) is 46.8 Å². The van der Waals surface area contributed by atoms with Gasteiger partial charge in [-0.1, -0.05) is 60.1 Å². The number of halogens is 1.